The van der Waals surface area contributed by atoms with Crippen LogP contribution in [0, 0.1) is 0 Å². The molecule has 1 N–H and O–H groups in total. The van der Waals surface area contributed by atoms with Gasteiger partial charge in [-0.2, -0.15) is 0 Å². The zero-order valence-corrected chi connectivity index (χ0v) is 15.8. The second-order valence-corrected chi connectivity index (χ2v) is 7.11. The predicted molar refractivity (Wildman–Crippen MR) is 104 cm³/mol. The predicted octanol–water partition coefficient (Wildman–Crippen LogP) is 3.66. The molecule has 1 aliphatic heterocycles. The molecule has 0 aromatic heterocycles. The summed E-state index contributed by atoms with van der Waals surface area (Å²) in [4.78, 5) is 26.8. The highest BCUT2D eigenvalue weighted by Crippen LogP contribution is 2.36. The lowest BCUT2D eigenvalue weighted by Crippen LogP contribution is -2.58. The molecule has 6 heteroatoms. The number of carbonyl (C=O) groups is 2. The van der Waals surface area contributed by atoms with E-state index < -0.39 is 24.4 Å². The number of hydrogen-bond donors (Lipinski definition) is 1. The smallest absolute Gasteiger partial charge is 0.255 e. The van der Waals surface area contributed by atoms with Crippen LogP contribution in [0.25, 0.3) is 11.1 Å². The van der Waals surface area contributed by atoms with Crippen LogP contribution in [0.15, 0.2) is 54.6 Å². The van der Waals surface area contributed by atoms with E-state index in [1.807, 2.05) is 54.6 Å². The Labute approximate surface area is 163 Å². The van der Waals surface area contributed by atoms with E-state index in [9.17, 15) is 18.4 Å². The van der Waals surface area contributed by atoms with E-state index in [-0.39, 0.29) is 12.3 Å². The van der Waals surface area contributed by atoms with E-state index in [0.717, 1.165) is 16.7 Å². The summed E-state index contributed by atoms with van der Waals surface area (Å²) in [7, 11) is 0. The van der Waals surface area contributed by atoms with Crippen molar-refractivity contribution in [1.29, 1.82) is 0 Å². The fourth-order valence-corrected chi connectivity index (χ4v) is 4.06. The maximum Gasteiger partial charge on any atom is 0.255 e. The molecule has 0 aliphatic carbocycles. The average Bonchev–Trinajstić information content (AvgIpc) is 3.12. The largest absolute Gasteiger partial charge is 0.348 e. The van der Waals surface area contributed by atoms with Crippen LogP contribution in [0.4, 0.5) is 8.78 Å². The Bertz CT molecular complexity index is 841. The molecular weight excluding hydrogens is 362 g/mol. The van der Waals surface area contributed by atoms with Gasteiger partial charge in [0.2, 0.25) is 11.8 Å². The number of amides is 2. The highest BCUT2D eigenvalue weighted by atomic mass is 19.3. The first kappa shape index (κ1) is 20.0. The van der Waals surface area contributed by atoms with E-state index in [2.05, 4.69) is 5.32 Å². The molecule has 0 radical (unpaired) electrons. The van der Waals surface area contributed by atoms with E-state index in [1.165, 1.54) is 11.8 Å². The Morgan fingerprint density at radius 1 is 1.11 bits per heavy atom. The van der Waals surface area contributed by atoms with Crippen LogP contribution in [0.3, 0.4) is 0 Å². The van der Waals surface area contributed by atoms with Gasteiger partial charge in [0.1, 0.15) is 5.54 Å². The van der Waals surface area contributed by atoms with Crippen molar-refractivity contribution in [3.8, 4) is 11.1 Å². The van der Waals surface area contributed by atoms with Crippen molar-refractivity contribution in [3.05, 3.63) is 60.2 Å². The molecular formula is C22H24F2N2O2. The Kier molecular flexibility index (Phi) is 6.07. The monoisotopic (exact) mass is 386 g/mol. The first-order valence-electron chi connectivity index (χ1n) is 9.42. The van der Waals surface area contributed by atoms with Gasteiger partial charge in [0, 0.05) is 19.9 Å². The third kappa shape index (κ3) is 4.06. The van der Waals surface area contributed by atoms with E-state index >= 15 is 0 Å². The third-order valence-electron chi connectivity index (χ3n) is 5.29. The first-order valence-corrected chi connectivity index (χ1v) is 9.42. The third-order valence-corrected chi connectivity index (χ3v) is 5.29. The summed E-state index contributed by atoms with van der Waals surface area (Å²) in [6.45, 7) is 1.15. The molecule has 2 amide bonds. The van der Waals surface area contributed by atoms with Crippen molar-refractivity contribution in [2.45, 2.75) is 38.2 Å². The molecule has 3 rings (SSSR count). The molecule has 1 aliphatic rings. The zero-order chi connectivity index (χ0) is 20.1. The van der Waals surface area contributed by atoms with Crippen LogP contribution >= 0.6 is 0 Å². The summed E-state index contributed by atoms with van der Waals surface area (Å²) in [6.07, 6.45) is -1.24. The molecule has 1 saturated heterocycles. The minimum absolute atomic E-state index is 0.220. The SMILES string of the molecule is CC(=O)N1CCCC1(Cc1ccccc1-c1ccccc1)C(=O)NCC(F)F. The summed E-state index contributed by atoms with van der Waals surface area (Å²) in [5, 5.41) is 2.35. The minimum atomic E-state index is -2.63. The number of hydrogen-bond acceptors (Lipinski definition) is 2. The second-order valence-electron chi connectivity index (χ2n) is 7.11. The molecule has 1 heterocycles. The van der Waals surface area contributed by atoms with Crippen LogP contribution in [-0.4, -0.2) is 41.8 Å². The summed E-state index contributed by atoms with van der Waals surface area (Å²) >= 11 is 0. The lowest BCUT2D eigenvalue weighted by Gasteiger charge is -2.37. The van der Waals surface area contributed by atoms with Gasteiger partial charge in [-0.3, -0.25) is 9.59 Å². The summed E-state index contributed by atoms with van der Waals surface area (Å²) in [5.41, 5.74) is 1.74. The Balaban J connectivity index is 2.00. The Morgan fingerprint density at radius 3 is 2.46 bits per heavy atom. The molecule has 4 nitrogen and oxygen atoms in total. The number of carbonyl (C=O) groups excluding carboxylic acids is 2. The number of nitrogens with one attached hydrogen (secondary N) is 1. The van der Waals surface area contributed by atoms with Crippen molar-refractivity contribution in [1.82, 2.24) is 10.2 Å². The van der Waals surface area contributed by atoms with Gasteiger partial charge in [-0.1, -0.05) is 54.6 Å². The second kappa shape index (κ2) is 8.50. The fraction of sp³-hybridized carbons (Fsp3) is 0.364. The van der Waals surface area contributed by atoms with Crippen LogP contribution in [0.1, 0.15) is 25.3 Å². The molecule has 0 saturated carbocycles. The quantitative estimate of drug-likeness (QED) is 0.824. The zero-order valence-electron chi connectivity index (χ0n) is 15.8. The number of rotatable bonds is 6. The molecule has 1 atom stereocenters. The van der Waals surface area contributed by atoms with E-state index in [1.54, 1.807) is 0 Å². The van der Waals surface area contributed by atoms with Crippen LogP contribution in [0.2, 0.25) is 0 Å². The normalized spacial score (nSPS) is 19.1. The minimum Gasteiger partial charge on any atom is -0.348 e. The number of alkyl halides is 2. The van der Waals surface area contributed by atoms with Gasteiger partial charge >= 0.3 is 0 Å². The molecule has 2 aromatic rings. The van der Waals surface area contributed by atoms with Crippen molar-refractivity contribution in [2.75, 3.05) is 13.1 Å². The Hall–Kier alpha value is -2.76. The standard InChI is InChI=1S/C22H24F2N2O2/c1-16(27)26-13-7-12-22(26,21(28)25-15-20(23)24)14-18-10-5-6-11-19(18)17-8-3-2-4-9-17/h2-6,8-11,20H,7,12-15H2,1H3,(H,25,28). The van der Waals surface area contributed by atoms with Crippen molar-refractivity contribution < 1.29 is 18.4 Å². The van der Waals surface area contributed by atoms with Crippen molar-refractivity contribution in [3.63, 3.8) is 0 Å². The lowest BCUT2D eigenvalue weighted by molar-refractivity contribution is -0.144. The first-order chi connectivity index (χ1) is 13.4. The van der Waals surface area contributed by atoms with E-state index in [4.69, 9.17) is 0 Å². The summed E-state index contributed by atoms with van der Waals surface area (Å²) in [5.74, 6) is -0.731. The van der Waals surface area contributed by atoms with Gasteiger partial charge in [0.05, 0.1) is 6.54 Å². The summed E-state index contributed by atoms with van der Waals surface area (Å²) in [6, 6.07) is 17.5. The van der Waals surface area contributed by atoms with Gasteiger partial charge in [-0.15, -0.1) is 0 Å². The molecule has 148 valence electrons. The lowest BCUT2D eigenvalue weighted by atomic mass is 9.84. The Morgan fingerprint density at radius 2 is 1.79 bits per heavy atom. The van der Waals surface area contributed by atoms with Gasteiger partial charge < -0.3 is 10.2 Å². The van der Waals surface area contributed by atoms with E-state index in [0.29, 0.717) is 19.4 Å². The maximum absolute atomic E-state index is 13.0. The topological polar surface area (TPSA) is 49.4 Å². The van der Waals surface area contributed by atoms with Crippen LogP contribution in [0.5, 0.6) is 0 Å². The highest BCUT2D eigenvalue weighted by Gasteiger charge is 2.49. The fourth-order valence-electron chi connectivity index (χ4n) is 4.06. The van der Waals surface area contributed by atoms with Gasteiger partial charge in [0.25, 0.3) is 6.43 Å². The molecule has 0 spiro atoms. The van der Waals surface area contributed by atoms with Crippen LogP contribution in [-0.2, 0) is 16.0 Å². The number of halogens is 2. The van der Waals surface area contributed by atoms with Gasteiger partial charge in [-0.25, -0.2) is 8.78 Å². The molecule has 2 aromatic carbocycles. The molecule has 1 unspecified atom stereocenters. The van der Waals surface area contributed by atoms with Gasteiger partial charge in [-0.05, 0) is 29.5 Å². The molecule has 1 fully saturated rings. The molecule has 28 heavy (non-hydrogen) atoms. The molecule has 0 bridgehead atoms. The number of likely N-dealkylation sites (tertiary alicyclic amines) is 1. The highest BCUT2D eigenvalue weighted by molar-refractivity contribution is 5.92. The van der Waals surface area contributed by atoms with Crippen molar-refractivity contribution in [2.24, 2.45) is 0 Å². The maximum atomic E-state index is 13.0. The number of benzene rings is 2. The number of nitrogens with zero attached hydrogens (tertiary/aromatic N) is 1. The van der Waals surface area contributed by atoms with Crippen molar-refractivity contribution >= 4 is 11.8 Å². The average molecular weight is 386 g/mol. The summed E-state index contributed by atoms with van der Waals surface area (Å²) < 4.78 is 25.4. The van der Waals surface area contributed by atoms with Crippen LogP contribution < -0.4 is 5.32 Å². The van der Waals surface area contributed by atoms with Gasteiger partial charge in [0.15, 0.2) is 0 Å².